The van der Waals surface area contributed by atoms with Gasteiger partial charge in [-0.05, 0) is 35.0 Å². The summed E-state index contributed by atoms with van der Waals surface area (Å²) in [5.74, 6) is -0.151. The van der Waals surface area contributed by atoms with Gasteiger partial charge in [0, 0.05) is 13.0 Å². The summed E-state index contributed by atoms with van der Waals surface area (Å²) in [4.78, 5) is 25.9. The lowest BCUT2D eigenvalue weighted by Crippen LogP contribution is -2.51. The summed E-state index contributed by atoms with van der Waals surface area (Å²) in [6, 6.07) is 6.71. The minimum atomic E-state index is -1.09. The SMILES string of the molecule is COc1cccc(CC(C(=O)N2CCOC(C(=O)O)C2)n2nnnc2C)c1. The number of tetrazole rings is 1. The molecule has 1 fully saturated rings. The van der Waals surface area contributed by atoms with E-state index in [4.69, 9.17) is 9.47 Å². The van der Waals surface area contributed by atoms with E-state index in [0.717, 1.165) is 5.56 Å². The smallest absolute Gasteiger partial charge is 0.334 e. The molecule has 1 amide bonds. The number of rotatable bonds is 6. The number of hydrogen-bond donors (Lipinski definition) is 1. The molecule has 10 nitrogen and oxygen atoms in total. The molecule has 0 spiro atoms. The number of carboxylic acid groups (broad SMARTS) is 1. The van der Waals surface area contributed by atoms with Crippen LogP contribution in [0.5, 0.6) is 5.75 Å². The van der Waals surface area contributed by atoms with E-state index in [1.54, 1.807) is 14.0 Å². The molecule has 0 aliphatic carbocycles. The summed E-state index contributed by atoms with van der Waals surface area (Å²) in [6.45, 7) is 2.19. The number of carboxylic acids is 1. The molecule has 1 saturated heterocycles. The molecule has 0 bridgehead atoms. The maximum absolute atomic E-state index is 13.2. The van der Waals surface area contributed by atoms with E-state index in [1.807, 2.05) is 24.3 Å². The first-order valence-electron chi connectivity index (χ1n) is 8.50. The number of carbonyl (C=O) groups is 2. The van der Waals surface area contributed by atoms with Crippen molar-refractivity contribution in [1.82, 2.24) is 25.1 Å². The highest BCUT2D eigenvalue weighted by Gasteiger charge is 2.34. The molecule has 144 valence electrons. The minimum absolute atomic E-state index is 0.00997. The summed E-state index contributed by atoms with van der Waals surface area (Å²) in [7, 11) is 1.58. The number of methoxy groups -OCH3 is 1. The summed E-state index contributed by atoms with van der Waals surface area (Å²) in [5.41, 5.74) is 0.880. The van der Waals surface area contributed by atoms with E-state index in [9.17, 15) is 14.7 Å². The van der Waals surface area contributed by atoms with Crippen LogP contribution >= 0.6 is 0 Å². The summed E-state index contributed by atoms with van der Waals surface area (Å²) >= 11 is 0. The van der Waals surface area contributed by atoms with Gasteiger partial charge < -0.3 is 19.5 Å². The van der Waals surface area contributed by atoms with Crippen LogP contribution in [0.1, 0.15) is 17.4 Å². The molecule has 1 aromatic carbocycles. The molecule has 0 saturated carbocycles. The molecular formula is C17H21N5O5. The molecule has 1 N–H and O–H groups in total. The van der Waals surface area contributed by atoms with Gasteiger partial charge in [-0.2, -0.15) is 0 Å². The Morgan fingerprint density at radius 1 is 1.44 bits per heavy atom. The second kappa shape index (κ2) is 8.12. The largest absolute Gasteiger partial charge is 0.497 e. The fourth-order valence-electron chi connectivity index (χ4n) is 3.04. The third-order valence-corrected chi connectivity index (χ3v) is 4.45. The van der Waals surface area contributed by atoms with Crippen LogP contribution in [0.15, 0.2) is 24.3 Å². The van der Waals surface area contributed by atoms with E-state index in [-0.39, 0.29) is 19.1 Å². The number of amides is 1. The normalized spacial score (nSPS) is 18.1. The maximum Gasteiger partial charge on any atom is 0.334 e. The fourth-order valence-corrected chi connectivity index (χ4v) is 3.04. The van der Waals surface area contributed by atoms with Crippen molar-refractivity contribution in [2.45, 2.75) is 25.5 Å². The number of aliphatic carboxylic acids is 1. The third-order valence-electron chi connectivity index (χ3n) is 4.45. The molecule has 27 heavy (non-hydrogen) atoms. The van der Waals surface area contributed by atoms with Crippen LogP contribution in [0, 0.1) is 6.92 Å². The number of aromatic nitrogens is 4. The molecule has 2 heterocycles. The van der Waals surface area contributed by atoms with E-state index in [0.29, 0.717) is 24.5 Å². The Labute approximate surface area is 155 Å². The van der Waals surface area contributed by atoms with Crippen molar-refractivity contribution in [2.24, 2.45) is 0 Å². The molecule has 10 heteroatoms. The van der Waals surface area contributed by atoms with Crippen molar-refractivity contribution in [2.75, 3.05) is 26.8 Å². The molecule has 3 rings (SSSR count). The van der Waals surface area contributed by atoms with Crippen LogP contribution in [0.4, 0.5) is 0 Å². The van der Waals surface area contributed by atoms with Gasteiger partial charge >= 0.3 is 5.97 Å². The van der Waals surface area contributed by atoms with Crippen LogP contribution in [0.25, 0.3) is 0 Å². The monoisotopic (exact) mass is 375 g/mol. The third kappa shape index (κ3) is 4.22. The van der Waals surface area contributed by atoms with Crippen LogP contribution < -0.4 is 4.74 Å². The highest BCUT2D eigenvalue weighted by atomic mass is 16.5. The van der Waals surface area contributed by atoms with Gasteiger partial charge in [0.15, 0.2) is 6.10 Å². The van der Waals surface area contributed by atoms with Gasteiger partial charge in [-0.15, -0.1) is 5.10 Å². The lowest BCUT2D eigenvalue weighted by atomic mass is 10.0. The molecule has 0 radical (unpaired) electrons. The number of morpholine rings is 1. The quantitative estimate of drug-likeness (QED) is 0.754. The first kappa shape index (κ1) is 18.8. The van der Waals surface area contributed by atoms with Gasteiger partial charge in [-0.25, -0.2) is 9.48 Å². The van der Waals surface area contributed by atoms with Crippen LogP contribution in [0.2, 0.25) is 0 Å². The van der Waals surface area contributed by atoms with E-state index in [1.165, 1.54) is 9.58 Å². The van der Waals surface area contributed by atoms with Crippen molar-refractivity contribution in [3.05, 3.63) is 35.7 Å². The van der Waals surface area contributed by atoms with Gasteiger partial charge in [0.05, 0.1) is 20.3 Å². The first-order valence-corrected chi connectivity index (χ1v) is 8.50. The number of nitrogens with zero attached hydrogens (tertiary/aromatic N) is 5. The van der Waals surface area contributed by atoms with Crippen LogP contribution in [-0.2, 0) is 20.7 Å². The second-order valence-corrected chi connectivity index (χ2v) is 6.22. The minimum Gasteiger partial charge on any atom is -0.497 e. The summed E-state index contributed by atoms with van der Waals surface area (Å²) in [5, 5.41) is 20.6. The predicted molar refractivity (Wildman–Crippen MR) is 92.2 cm³/mol. The van der Waals surface area contributed by atoms with Crippen molar-refractivity contribution in [3.8, 4) is 5.75 Å². The topological polar surface area (TPSA) is 120 Å². The Morgan fingerprint density at radius 2 is 2.26 bits per heavy atom. The predicted octanol–water partition coefficient (Wildman–Crippen LogP) is 0.0859. The Balaban J connectivity index is 1.86. The molecule has 1 aliphatic heterocycles. The number of hydrogen-bond acceptors (Lipinski definition) is 7. The average Bonchev–Trinajstić information content (AvgIpc) is 3.11. The average molecular weight is 375 g/mol. The Kier molecular flexibility index (Phi) is 5.65. The summed E-state index contributed by atoms with van der Waals surface area (Å²) < 4.78 is 11.9. The van der Waals surface area contributed by atoms with E-state index >= 15 is 0 Å². The first-order chi connectivity index (χ1) is 13.0. The zero-order valence-corrected chi connectivity index (χ0v) is 15.1. The molecule has 2 unspecified atom stereocenters. The molecule has 2 aromatic rings. The van der Waals surface area contributed by atoms with Crippen molar-refractivity contribution >= 4 is 11.9 Å². The zero-order chi connectivity index (χ0) is 19.4. The van der Waals surface area contributed by atoms with Gasteiger partial charge in [0.1, 0.15) is 17.6 Å². The second-order valence-electron chi connectivity index (χ2n) is 6.22. The van der Waals surface area contributed by atoms with E-state index < -0.39 is 18.1 Å². The van der Waals surface area contributed by atoms with Gasteiger partial charge in [0.2, 0.25) is 5.91 Å². The van der Waals surface area contributed by atoms with E-state index in [2.05, 4.69) is 15.5 Å². The standard InChI is InChI=1S/C17H21N5O5/c1-11-18-19-20-22(11)14(9-12-4-3-5-13(8-12)26-2)16(23)21-6-7-27-15(10-21)17(24)25/h3-5,8,14-15H,6-7,9-10H2,1-2H3,(H,24,25). The number of aryl methyl sites for hydroxylation is 1. The number of benzene rings is 1. The Bertz CT molecular complexity index is 824. The molecule has 1 aromatic heterocycles. The van der Waals surface area contributed by atoms with Crippen LogP contribution in [-0.4, -0.2) is 75.0 Å². The zero-order valence-electron chi connectivity index (χ0n) is 15.1. The summed E-state index contributed by atoms with van der Waals surface area (Å²) in [6.07, 6.45) is -0.688. The Hall–Kier alpha value is -3.01. The van der Waals surface area contributed by atoms with Crippen molar-refractivity contribution in [3.63, 3.8) is 0 Å². The van der Waals surface area contributed by atoms with Gasteiger partial charge in [-0.3, -0.25) is 4.79 Å². The Morgan fingerprint density at radius 3 is 2.93 bits per heavy atom. The van der Waals surface area contributed by atoms with Gasteiger partial charge in [0.25, 0.3) is 0 Å². The van der Waals surface area contributed by atoms with Crippen molar-refractivity contribution in [1.29, 1.82) is 0 Å². The lowest BCUT2D eigenvalue weighted by molar-refractivity contribution is -0.160. The number of carbonyl (C=O) groups excluding carboxylic acids is 1. The van der Waals surface area contributed by atoms with Crippen molar-refractivity contribution < 1.29 is 24.2 Å². The highest BCUT2D eigenvalue weighted by Crippen LogP contribution is 2.22. The molecule has 2 atom stereocenters. The maximum atomic E-state index is 13.2. The lowest BCUT2D eigenvalue weighted by Gasteiger charge is -2.33. The molecular weight excluding hydrogens is 354 g/mol. The molecule has 1 aliphatic rings. The van der Waals surface area contributed by atoms with Gasteiger partial charge in [-0.1, -0.05) is 12.1 Å². The number of ether oxygens (including phenoxy) is 2. The van der Waals surface area contributed by atoms with Crippen LogP contribution in [0.3, 0.4) is 0 Å². The highest BCUT2D eigenvalue weighted by molar-refractivity contribution is 5.82. The fraction of sp³-hybridized carbons (Fsp3) is 0.471.